The van der Waals surface area contributed by atoms with E-state index in [0.29, 0.717) is 6.04 Å². The van der Waals surface area contributed by atoms with Crippen molar-refractivity contribution in [2.45, 2.75) is 31.8 Å². The summed E-state index contributed by atoms with van der Waals surface area (Å²) < 4.78 is 0. The molecular weight excluding hydrogens is 282 g/mol. The Morgan fingerprint density at radius 1 is 1.04 bits per heavy atom. The lowest BCUT2D eigenvalue weighted by atomic mass is 9.88. The topological polar surface area (TPSA) is 40.7 Å². The van der Waals surface area contributed by atoms with Crippen molar-refractivity contribution in [3.63, 3.8) is 0 Å². The Labute approximate surface area is 136 Å². The van der Waals surface area contributed by atoms with E-state index in [-0.39, 0.29) is 0 Å². The van der Waals surface area contributed by atoms with Gasteiger partial charge in [-0.05, 0) is 36.0 Å². The first kappa shape index (κ1) is 14.2. The molecule has 23 heavy (non-hydrogen) atoms. The number of rotatable bonds is 4. The van der Waals surface area contributed by atoms with Crippen LogP contribution in [0.15, 0.2) is 60.8 Å². The number of imidazole rings is 1. The summed E-state index contributed by atoms with van der Waals surface area (Å²) in [7, 11) is 0. The van der Waals surface area contributed by atoms with Crippen LogP contribution in [0, 0.1) is 0 Å². The van der Waals surface area contributed by atoms with Gasteiger partial charge in [-0.25, -0.2) is 4.98 Å². The molecular formula is C20H21N3. The van der Waals surface area contributed by atoms with Crippen LogP contribution in [0.5, 0.6) is 0 Å². The molecule has 0 aliphatic heterocycles. The van der Waals surface area contributed by atoms with E-state index in [0.717, 1.165) is 18.1 Å². The highest BCUT2D eigenvalue weighted by atomic mass is 15.0. The van der Waals surface area contributed by atoms with Crippen LogP contribution in [-0.4, -0.2) is 9.97 Å². The molecule has 116 valence electrons. The molecule has 0 radical (unpaired) electrons. The van der Waals surface area contributed by atoms with Gasteiger partial charge in [0.15, 0.2) is 0 Å². The number of nitrogens with one attached hydrogen (secondary N) is 2. The van der Waals surface area contributed by atoms with Crippen LogP contribution in [0.2, 0.25) is 0 Å². The Bertz CT molecular complexity index is 776. The van der Waals surface area contributed by atoms with Crippen LogP contribution in [0.4, 0.5) is 0 Å². The average Bonchev–Trinajstić information content (AvgIpc) is 3.10. The standard InChI is InChI=1S/C20H21N3/c1-2-8-16(9-3-1)19-13-22-20(23-19)14-21-18-12-6-10-15-7-4-5-11-17(15)18/h1-5,7-9,11,13,18,21H,6,10,12,14H2,(H,22,23). The van der Waals surface area contributed by atoms with Gasteiger partial charge in [0, 0.05) is 6.04 Å². The first-order chi connectivity index (χ1) is 11.4. The van der Waals surface area contributed by atoms with Crippen molar-refractivity contribution in [2.75, 3.05) is 0 Å². The quantitative estimate of drug-likeness (QED) is 0.756. The van der Waals surface area contributed by atoms with Gasteiger partial charge < -0.3 is 10.3 Å². The van der Waals surface area contributed by atoms with E-state index in [1.165, 1.54) is 36.0 Å². The summed E-state index contributed by atoms with van der Waals surface area (Å²) in [5.74, 6) is 0.993. The molecule has 3 nitrogen and oxygen atoms in total. The average molecular weight is 303 g/mol. The zero-order valence-corrected chi connectivity index (χ0v) is 13.1. The van der Waals surface area contributed by atoms with Crippen LogP contribution in [0.3, 0.4) is 0 Å². The van der Waals surface area contributed by atoms with E-state index in [9.17, 15) is 0 Å². The summed E-state index contributed by atoms with van der Waals surface area (Å²) in [6.45, 7) is 0.770. The van der Waals surface area contributed by atoms with Gasteiger partial charge in [-0.15, -0.1) is 0 Å². The maximum atomic E-state index is 4.51. The maximum Gasteiger partial charge on any atom is 0.120 e. The summed E-state index contributed by atoms with van der Waals surface area (Å²) in [5, 5.41) is 3.67. The number of benzene rings is 2. The van der Waals surface area contributed by atoms with Crippen LogP contribution in [-0.2, 0) is 13.0 Å². The Hall–Kier alpha value is -2.39. The molecule has 2 N–H and O–H groups in total. The lowest BCUT2D eigenvalue weighted by Crippen LogP contribution is -2.25. The van der Waals surface area contributed by atoms with Gasteiger partial charge in [0.25, 0.3) is 0 Å². The van der Waals surface area contributed by atoms with Crippen LogP contribution in [0.25, 0.3) is 11.3 Å². The summed E-state index contributed by atoms with van der Waals surface area (Å²) in [6, 6.07) is 19.5. The summed E-state index contributed by atoms with van der Waals surface area (Å²) in [5.41, 5.74) is 5.19. The minimum Gasteiger partial charge on any atom is -0.341 e. The largest absolute Gasteiger partial charge is 0.341 e. The smallest absolute Gasteiger partial charge is 0.120 e. The second kappa shape index (κ2) is 6.39. The molecule has 3 heteroatoms. The van der Waals surface area contributed by atoms with Gasteiger partial charge in [-0.2, -0.15) is 0 Å². The number of nitrogens with zero attached hydrogens (tertiary/aromatic N) is 1. The monoisotopic (exact) mass is 303 g/mol. The SMILES string of the molecule is c1ccc(-c2cnc(CNC3CCCc4ccccc43)[nH]2)cc1. The molecule has 1 aliphatic rings. The van der Waals surface area contributed by atoms with E-state index in [1.807, 2.05) is 24.4 Å². The highest BCUT2D eigenvalue weighted by Crippen LogP contribution is 2.29. The van der Waals surface area contributed by atoms with Gasteiger partial charge >= 0.3 is 0 Å². The number of fused-ring (bicyclic) bond motifs is 1. The number of hydrogen-bond acceptors (Lipinski definition) is 2. The molecule has 1 aromatic heterocycles. The Kier molecular flexibility index (Phi) is 3.95. The van der Waals surface area contributed by atoms with Crippen LogP contribution in [0.1, 0.15) is 35.8 Å². The maximum absolute atomic E-state index is 4.51. The fraction of sp³-hybridized carbons (Fsp3) is 0.250. The molecule has 1 unspecified atom stereocenters. The number of aryl methyl sites for hydroxylation is 1. The summed E-state index contributed by atoms with van der Waals surface area (Å²) in [4.78, 5) is 7.93. The predicted octanol–water partition coefficient (Wildman–Crippen LogP) is 4.24. The fourth-order valence-electron chi connectivity index (χ4n) is 3.40. The fourth-order valence-corrected chi connectivity index (χ4v) is 3.40. The van der Waals surface area contributed by atoms with Crippen molar-refractivity contribution >= 4 is 0 Å². The van der Waals surface area contributed by atoms with Gasteiger partial charge in [0.2, 0.25) is 0 Å². The summed E-state index contributed by atoms with van der Waals surface area (Å²) >= 11 is 0. The number of H-pyrrole nitrogens is 1. The molecule has 4 rings (SSSR count). The molecule has 0 spiro atoms. The van der Waals surface area contributed by atoms with Crippen molar-refractivity contribution < 1.29 is 0 Å². The molecule has 0 saturated heterocycles. The van der Waals surface area contributed by atoms with E-state index in [2.05, 4.69) is 51.7 Å². The van der Waals surface area contributed by atoms with Crippen LogP contribution < -0.4 is 5.32 Å². The molecule has 1 aliphatic carbocycles. The normalized spacial score (nSPS) is 17.0. The van der Waals surface area contributed by atoms with Crippen molar-refractivity contribution in [3.05, 3.63) is 77.7 Å². The minimum absolute atomic E-state index is 0.435. The molecule has 0 amide bonds. The highest BCUT2D eigenvalue weighted by molar-refractivity contribution is 5.57. The van der Waals surface area contributed by atoms with Crippen molar-refractivity contribution in [2.24, 2.45) is 0 Å². The molecule has 3 aromatic rings. The van der Waals surface area contributed by atoms with Gasteiger partial charge in [0.05, 0.1) is 18.4 Å². The van der Waals surface area contributed by atoms with Gasteiger partial charge in [-0.3, -0.25) is 0 Å². The molecule has 0 bridgehead atoms. The number of aromatic nitrogens is 2. The predicted molar refractivity (Wildman–Crippen MR) is 93.0 cm³/mol. The number of hydrogen-bond donors (Lipinski definition) is 2. The van der Waals surface area contributed by atoms with E-state index >= 15 is 0 Å². The van der Waals surface area contributed by atoms with E-state index < -0.39 is 0 Å². The van der Waals surface area contributed by atoms with Gasteiger partial charge in [0.1, 0.15) is 5.82 Å². The third-order valence-electron chi connectivity index (χ3n) is 4.60. The molecule has 2 aromatic carbocycles. The highest BCUT2D eigenvalue weighted by Gasteiger charge is 2.19. The minimum atomic E-state index is 0.435. The van der Waals surface area contributed by atoms with Crippen molar-refractivity contribution in [3.8, 4) is 11.3 Å². The number of aromatic amines is 1. The Balaban J connectivity index is 1.45. The molecule has 0 saturated carbocycles. The first-order valence-electron chi connectivity index (χ1n) is 8.30. The lowest BCUT2D eigenvalue weighted by molar-refractivity contribution is 0.454. The Morgan fingerprint density at radius 2 is 1.87 bits per heavy atom. The van der Waals surface area contributed by atoms with Gasteiger partial charge in [-0.1, -0.05) is 54.6 Å². The Morgan fingerprint density at radius 3 is 2.78 bits per heavy atom. The first-order valence-corrected chi connectivity index (χ1v) is 8.30. The van der Waals surface area contributed by atoms with E-state index in [4.69, 9.17) is 0 Å². The molecule has 1 heterocycles. The van der Waals surface area contributed by atoms with Crippen LogP contribution >= 0.6 is 0 Å². The molecule has 1 atom stereocenters. The van der Waals surface area contributed by atoms with Crippen molar-refractivity contribution in [1.82, 2.24) is 15.3 Å². The second-order valence-electron chi connectivity index (χ2n) is 6.13. The van der Waals surface area contributed by atoms with Crippen molar-refractivity contribution in [1.29, 1.82) is 0 Å². The second-order valence-corrected chi connectivity index (χ2v) is 6.13. The molecule has 0 fully saturated rings. The zero-order chi connectivity index (χ0) is 15.5. The van der Waals surface area contributed by atoms with E-state index in [1.54, 1.807) is 0 Å². The zero-order valence-electron chi connectivity index (χ0n) is 13.1. The third-order valence-corrected chi connectivity index (χ3v) is 4.60. The lowest BCUT2D eigenvalue weighted by Gasteiger charge is -2.26. The summed E-state index contributed by atoms with van der Waals surface area (Å²) in [6.07, 6.45) is 5.57. The third kappa shape index (κ3) is 3.06.